The standard InChI is InChI=1S/C26H18ClNO4S/c1-32-20-14-16(11-12-18(20)27)24(29)22-23(21-10-5-13-33-21)28(26(31)25(22)30)19-9-4-7-15-6-2-3-8-17(15)19/h2-14,23,29H,1H3/b24-22-. The molecule has 1 aliphatic rings. The summed E-state index contributed by atoms with van der Waals surface area (Å²) in [6.45, 7) is 0. The van der Waals surface area contributed by atoms with Crippen LogP contribution in [0.3, 0.4) is 0 Å². The highest BCUT2D eigenvalue weighted by Gasteiger charge is 2.47. The third-order valence-corrected chi connectivity index (χ3v) is 6.94. The van der Waals surface area contributed by atoms with Crippen LogP contribution in [0.1, 0.15) is 16.5 Å². The highest BCUT2D eigenvalue weighted by molar-refractivity contribution is 7.10. The van der Waals surface area contributed by atoms with E-state index < -0.39 is 17.7 Å². The van der Waals surface area contributed by atoms with Crippen LogP contribution in [0.15, 0.2) is 83.7 Å². The molecular weight excluding hydrogens is 458 g/mol. The molecule has 1 aromatic heterocycles. The van der Waals surface area contributed by atoms with E-state index in [0.29, 0.717) is 22.0 Å². The zero-order chi connectivity index (χ0) is 23.1. The zero-order valence-electron chi connectivity index (χ0n) is 17.5. The number of rotatable bonds is 4. The summed E-state index contributed by atoms with van der Waals surface area (Å²) >= 11 is 7.55. The van der Waals surface area contributed by atoms with E-state index >= 15 is 0 Å². The van der Waals surface area contributed by atoms with E-state index in [-0.39, 0.29) is 11.3 Å². The topological polar surface area (TPSA) is 66.8 Å². The Morgan fingerprint density at radius 1 is 1.03 bits per heavy atom. The number of methoxy groups -OCH3 is 1. The van der Waals surface area contributed by atoms with E-state index in [1.165, 1.54) is 23.3 Å². The van der Waals surface area contributed by atoms with Gasteiger partial charge in [0.15, 0.2) is 0 Å². The molecule has 2 heterocycles. The number of halogens is 1. The van der Waals surface area contributed by atoms with Gasteiger partial charge in [0.05, 0.1) is 23.4 Å². The van der Waals surface area contributed by atoms with E-state index in [4.69, 9.17) is 16.3 Å². The van der Waals surface area contributed by atoms with Gasteiger partial charge in [-0.3, -0.25) is 14.5 Å². The number of nitrogens with zero attached hydrogens (tertiary/aromatic N) is 1. The third-order valence-electron chi connectivity index (χ3n) is 5.71. The smallest absolute Gasteiger partial charge is 0.300 e. The number of benzene rings is 3. The fourth-order valence-corrected chi connectivity index (χ4v) is 5.20. The predicted molar refractivity (Wildman–Crippen MR) is 131 cm³/mol. The summed E-state index contributed by atoms with van der Waals surface area (Å²) in [5.41, 5.74) is 0.981. The van der Waals surface area contributed by atoms with Crippen molar-refractivity contribution in [1.82, 2.24) is 0 Å². The van der Waals surface area contributed by atoms with Crippen molar-refractivity contribution in [3.63, 3.8) is 0 Å². The summed E-state index contributed by atoms with van der Waals surface area (Å²) in [4.78, 5) is 28.9. The van der Waals surface area contributed by atoms with E-state index in [1.54, 1.807) is 18.2 Å². The van der Waals surface area contributed by atoms with Crippen molar-refractivity contribution in [2.75, 3.05) is 12.0 Å². The first kappa shape index (κ1) is 21.2. The molecule has 0 aliphatic carbocycles. The normalized spacial score (nSPS) is 17.6. The maximum atomic E-state index is 13.4. The molecule has 1 saturated heterocycles. The molecule has 4 aromatic rings. The molecule has 0 spiro atoms. The van der Waals surface area contributed by atoms with E-state index in [0.717, 1.165) is 15.6 Å². The lowest BCUT2D eigenvalue weighted by atomic mass is 9.99. The lowest BCUT2D eigenvalue weighted by Gasteiger charge is -2.25. The van der Waals surface area contributed by atoms with Crippen LogP contribution in [0.5, 0.6) is 5.75 Å². The number of Topliss-reactive ketones (excluding diaryl/α,β-unsaturated/α-hetero) is 1. The van der Waals surface area contributed by atoms with Crippen LogP contribution >= 0.6 is 22.9 Å². The van der Waals surface area contributed by atoms with Crippen molar-refractivity contribution in [1.29, 1.82) is 0 Å². The minimum absolute atomic E-state index is 0.0276. The SMILES string of the molecule is COc1cc(/C(O)=C2/C(=O)C(=O)N(c3cccc4ccccc34)C2c2cccs2)ccc1Cl. The molecule has 0 bridgehead atoms. The highest BCUT2D eigenvalue weighted by Crippen LogP contribution is 2.45. The van der Waals surface area contributed by atoms with Gasteiger partial charge in [-0.1, -0.05) is 54.1 Å². The summed E-state index contributed by atoms with van der Waals surface area (Å²) in [5.74, 6) is -1.35. The van der Waals surface area contributed by atoms with Crippen molar-refractivity contribution in [2.45, 2.75) is 6.04 Å². The van der Waals surface area contributed by atoms with Crippen LogP contribution in [0, 0.1) is 0 Å². The fraction of sp³-hybridized carbons (Fsp3) is 0.0769. The number of carbonyl (C=O) groups is 2. The quantitative estimate of drug-likeness (QED) is 0.217. The molecule has 1 unspecified atom stereocenters. The lowest BCUT2D eigenvalue weighted by Crippen LogP contribution is -2.29. The number of carbonyl (C=O) groups excluding carboxylic acids is 2. The van der Waals surface area contributed by atoms with Crippen molar-refractivity contribution in [3.8, 4) is 5.75 Å². The molecule has 33 heavy (non-hydrogen) atoms. The Bertz CT molecular complexity index is 1420. The number of hydrogen-bond acceptors (Lipinski definition) is 5. The largest absolute Gasteiger partial charge is 0.507 e. The Morgan fingerprint density at radius 3 is 2.58 bits per heavy atom. The Labute approximate surface area is 199 Å². The fourth-order valence-electron chi connectivity index (χ4n) is 4.18. The van der Waals surface area contributed by atoms with Crippen LogP contribution in [0.2, 0.25) is 5.02 Å². The molecule has 1 amide bonds. The molecule has 3 aromatic carbocycles. The van der Waals surface area contributed by atoms with Gasteiger partial charge in [0.2, 0.25) is 0 Å². The molecule has 164 valence electrons. The predicted octanol–water partition coefficient (Wildman–Crippen LogP) is 6.19. The average Bonchev–Trinajstić information content (AvgIpc) is 3.45. The number of thiophene rings is 1. The second kappa shape index (κ2) is 8.39. The molecule has 0 radical (unpaired) electrons. The van der Waals surface area contributed by atoms with Crippen LogP contribution in [0.25, 0.3) is 16.5 Å². The van der Waals surface area contributed by atoms with Gasteiger partial charge in [-0.25, -0.2) is 0 Å². The second-order valence-electron chi connectivity index (χ2n) is 7.53. The van der Waals surface area contributed by atoms with E-state index in [1.807, 2.05) is 60.0 Å². The number of ketones is 1. The molecule has 1 atom stereocenters. The number of ether oxygens (including phenoxy) is 1. The Kier molecular flexibility index (Phi) is 5.40. The van der Waals surface area contributed by atoms with Gasteiger partial charge in [-0.05, 0) is 41.1 Å². The van der Waals surface area contributed by atoms with Crippen molar-refractivity contribution in [3.05, 3.63) is 99.2 Å². The average molecular weight is 476 g/mol. The van der Waals surface area contributed by atoms with Gasteiger partial charge >= 0.3 is 0 Å². The molecular formula is C26H18ClNO4S. The number of anilines is 1. The van der Waals surface area contributed by atoms with Gasteiger partial charge in [0.25, 0.3) is 11.7 Å². The van der Waals surface area contributed by atoms with Gasteiger partial charge in [-0.2, -0.15) is 0 Å². The minimum Gasteiger partial charge on any atom is -0.507 e. The molecule has 7 heteroatoms. The van der Waals surface area contributed by atoms with Gasteiger partial charge in [0, 0.05) is 15.8 Å². The van der Waals surface area contributed by atoms with E-state index in [9.17, 15) is 14.7 Å². The first-order chi connectivity index (χ1) is 16.0. The van der Waals surface area contributed by atoms with Crippen LogP contribution in [-0.2, 0) is 9.59 Å². The molecule has 1 N–H and O–H groups in total. The first-order valence-electron chi connectivity index (χ1n) is 10.2. The van der Waals surface area contributed by atoms with Crippen LogP contribution in [-0.4, -0.2) is 23.9 Å². The summed E-state index contributed by atoms with van der Waals surface area (Å²) < 4.78 is 5.26. The molecule has 1 fully saturated rings. The Hall–Kier alpha value is -3.61. The summed E-state index contributed by atoms with van der Waals surface area (Å²) in [5, 5.41) is 15.3. The maximum absolute atomic E-state index is 13.4. The van der Waals surface area contributed by atoms with Gasteiger partial charge in [-0.15, -0.1) is 11.3 Å². The monoisotopic (exact) mass is 475 g/mol. The van der Waals surface area contributed by atoms with Gasteiger partial charge in [0.1, 0.15) is 17.6 Å². The minimum atomic E-state index is -0.766. The number of hydrogen-bond donors (Lipinski definition) is 1. The Morgan fingerprint density at radius 2 is 1.82 bits per heavy atom. The number of fused-ring (bicyclic) bond motifs is 1. The van der Waals surface area contributed by atoms with Crippen LogP contribution in [0.4, 0.5) is 5.69 Å². The number of aliphatic hydroxyl groups is 1. The highest BCUT2D eigenvalue weighted by atomic mass is 35.5. The molecule has 1 aliphatic heterocycles. The van der Waals surface area contributed by atoms with E-state index in [2.05, 4.69) is 0 Å². The van der Waals surface area contributed by atoms with Crippen molar-refractivity contribution in [2.24, 2.45) is 0 Å². The van der Waals surface area contributed by atoms with Crippen LogP contribution < -0.4 is 9.64 Å². The molecule has 5 rings (SSSR count). The Balaban J connectivity index is 1.75. The molecule has 0 saturated carbocycles. The molecule has 5 nitrogen and oxygen atoms in total. The number of aliphatic hydroxyl groups excluding tert-OH is 1. The third kappa shape index (κ3) is 3.48. The lowest BCUT2D eigenvalue weighted by molar-refractivity contribution is -0.132. The van der Waals surface area contributed by atoms with Crippen molar-refractivity contribution < 1.29 is 19.4 Å². The first-order valence-corrected chi connectivity index (χ1v) is 11.4. The maximum Gasteiger partial charge on any atom is 0.300 e. The summed E-state index contributed by atoms with van der Waals surface area (Å²) in [7, 11) is 1.47. The number of amides is 1. The van der Waals surface area contributed by atoms with Crippen molar-refractivity contribution >= 4 is 56.8 Å². The van der Waals surface area contributed by atoms with Gasteiger partial charge < -0.3 is 9.84 Å². The zero-order valence-corrected chi connectivity index (χ0v) is 19.1. The second-order valence-corrected chi connectivity index (χ2v) is 8.92. The summed E-state index contributed by atoms with van der Waals surface area (Å²) in [6.07, 6.45) is 0. The summed E-state index contributed by atoms with van der Waals surface area (Å²) in [6, 6.07) is 21.0.